The molecule has 2 aliphatic heterocycles. The maximum Gasteiger partial charge on any atom is 0.409 e. The van der Waals surface area contributed by atoms with Crippen molar-refractivity contribution >= 4 is 5.91 Å². The maximum atomic E-state index is 13.0. The predicted molar refractivity (Wildman–Crippen MR) is 63.4 cm³/mol. The molecule has 0 radical (unpaired) electrons. The van der Waals surface area contributed by atoms with Crippen LogP contribution in [0.1, 0.15) is 40.0 Å². The Labute approximate surface area is 110 Å². The molecule has 0 saturated carbocycles. The molecule has 2 aliphatic rings. The van der Waals surface area contributed by atoms with Crippen LogP contribution in [0.25, 0.3) is 0 Å². The molecule has 4 atom stereocenters. The summed E-state index contributed by atoms with van der Waals surface area (Å²) >= 11 is 0. The molecule has 0 aromatic heterocycles. The molecule has 2 rings (SSSR count). The molecule has 1 N–H and O–H groups in total. The highest BCUT2D eigenvalue weighted by molar-refractivity contribution is 5.80. The van der Waals surface area contributed by atoms with Crippen molar-refractivity contribution in [3.63, 3.8) is 0 Å². The Morgan fingerprint density at radius 2 is 1.89 bits per heavy atom. The van der Waals surface area contributed by atoms with Gasteiger partial charge in [0.2, 0.25) is 5.91 Å². The molecule has 19 heavy (non-hydrogen) atoms. The van der Waals surface area contributed by atoms with E-state index in [1.807, 2.05) is 0 Å². The number of carbonyl (C=O) groups excluding carboxylic acids is 1. The standard InChI is InChI=1S/C13H20F3NO2/c1-12(2,3)11(13(14,15)16)17-10(18)8-6-7-4-5-9(8)19-7/h7-9,11H,4-6H2,1-3H3,(H,17,18)/t7-,8+,9-,11+/m1/s1. The van der Waals surface area contributed by atoms with Gasteiger partial charge in [-0.25, -0.2) is 0 Å². The highest BCUT2D eigenvalue weighted by atomic mass is 19.4. The van der Waals surface area contributed by atoms with Crippen LogP contribution in [0.15, 0.2) is 0 Å². The lowest BCUT2D eigenvalue weighted by Crippen LogP contribution is -2.55. The van der Waals surface area contributed by atoms with Crippen LogP contribution in [0.2, 0.25) is 0 Å². The fraction of sp³-hybridized carbons (Fsp3) is 0.923. The normalized spacial score (nSPS) is 32.4. The summed E-state index contributed by atoms with van der Waals surface area (Å²) in [6.45, 7) is 4.42. The van der Waals surface area contributed by atoms with E-state index >= 15 is 0 Å². The van der Waals surface area contributed by atoms with E-state index in [-0.39, 0.29) is 12.2 Å². The highest BCUT2D eigenvalue weighted by Gasteiger charge is 2.50. The predicted octanol–water partition coefficient (Wildman–Crippen LogP) is 2.65. The van der Waals surface area contributed by atoms with Crippen LogP contribution in [0.4, 0.5) is 13.2 Å². The minimum atomic E-state index is -4.44. The molecule has 0 aromatic carbocycles. The van der Waals surface area contributed by atoms with E-state index < -0.39 is 29.5 Å². The van der Waals surface area contributed by atoms with Gasteiger partial charge in [0, 0.05) is 0 Å². The van der Waals surface area contributed by atoms with Gasteiger partial charge in [0.05, 0.1) is 18.1 Å². The van der Waals surface area contributed by atoms with Crippen molar-refractivity contribution in [1.82, 2.24) is 5.32 Å². The van der Waals surface area contributed by atoms with E-state index in [1.54, 1.807) is 0 Å². The first-order valence-corrected chi connectivity index (χ1v) is 6.61. The van der Waals surface area contributed by atoms with E-state index in [1.165, 1.54) is 20.8 Å². The number of rotatable bonds is 2. The molecule has 2 fully saturated rings. The highest BCUT2D eigenvalue weighted by Crippen LogP contribution is 2.40. The van der Waals surface area contributed by atoms with Crippen LogP contribution >= 0.6 is 0 Å². The van der Waals surface area contributed by atoms with E-state index in [0.29, 0.717) is 6.42 Å². The zero-order chi connectivity index (χ0) is 14.4. The zero-order valence-electron chi connectivity index (χ0n) is 11.4. The molecule has 0 unspecified atom stereocenters. The fourth-order valence-electron chi connectivity index (χ4n) is 2.95. The third-order valence-electron chi connectivity index (χ3n) is 3.92. The number of fused-ring (bicyclic) bond motifs is 2. The average molecular weight is 279 g/mol. The van der Waals surface area contributed by atoms with Crippen molar-refractivity contribution in [2.24, 2.45) is 11.3 Å². The third-order valence-corrected chi connectivity index (χ3v) is 3.92. The van der Waals surface area contributed by atoms with Crippen LogP contribution in [-0.2, 0) is 9.53 Å². The van der Waals surface area contributed by atoms with Gasteiger partial charge in [-0.05, 0) is 24.7 Å². The number of nitrogens with one attached hydrogen (secondary N) is 1. The minimum Gasteiger partial charge on any atom is -0.374 e. The van der Waals surface area contributed by atoms with Gasteiger partial charge in [-0.3, -0.25) is 4.79 Å². The van der Waals surface area contributed by atoms with Gasteiger partial charge in [0.15, 0.2) is 0 Å². The molecule has 2 saturated heterocycles. The van der Waals surface area contributed by atoms with Gasteiger partial charge in [-0.1, -0.05) is 20.8 Å². The number of hydrogen-bond donors (Lipinski definition) is 1. The summed E-state index contributed by atoms with van der Waals surface area (Å²) in [6.07, 6.45) is -2.35. The van der Waals surface area contributed by atoms with E-state index in [0.717, 1.165) is 12.8 Å². The molecule has 0 aliphatic carbocycles. The van der Waals surface area contributed by atoms with Gasteiger partial charge in [0.25, 0.3) is 0 Å². The molecule has 6 heteroatoms. The van der Waals surface area contributed by atoms with Crippen LogP contribution in [0.5, 0.6) is 0 Å². The number of carbonyl (C=O) groups is 1. The van der Waals surface area contributed by atoms with Crippen molar-refractivity contribution in [2.75, 3.05) is 0 Å². The molecule has 110 valence electrons. The Hall–Kier alpha value is -0.780. The number of amides is 1. The molecule has 2 heterocycles. The Balaban J connectivity index is 2.04. The van der Waals surface area contributed by atoms with Crippen molar-refractivity contribution in [3.8, 4) is 0 Å². The van der Waals surface area contributed by atoms with Gasteiger partial charge in [0.1, 0.15) is 6.04 Å². The lowest BCUT2D eigenvalue weighted by atomic mass is 9.84. The van der Waals surface area contributed by atoms with Crippen molar-refractivity contribution in [2.45, 2.75) is 64.5 Å². The number of hydrogen-bond acceptors (Lipinski definition) is 2. The summed E-state index contributed by atoms with van der Waals surface area (Å²) < 4.78 is 44.5. The first-order valence-electron chi connectivity index (χ1n) is 6.61. The van der Waals surface area contributed by atoms with Crippen LogP contribution in [0, 0.1) is 11.3 Å². The minimum absolute atomic E-state index is 0.0553. The van der Waals surface area contributed by atoms with Gasteiger partial charge in [-0.2, -0.15) is 13.2 Å². The quantitative estimate of drug-likeness (QED) is 0.844. The Kier molecular flexibility index (Phi) is 3.58. The summed E-state index contributed by atoms with van der Waals surface area (Å²) in [5.74, 6) is -0.949. The fourth-order valence-corrected chi connectivity index (χ4v) is 2.95. The second-order valence-corrected chi connectivity index (χ2v) is 6.57. The summed E-state index contributed by atoms with van der Waals surface area (Å²) in [5, 5.41) is 2.18. The average Bonchev–Trinajstić information content (AvgIpc) is 2.83. The second kappa shape index (κ2) is 4.65. The lowest BCUT2D eigenvalue weighted by molar-refractivity contribution is -0.182. The number of alkyl halides is 3. The smallest absolute Gasteiger partial charge is 0.374 e. The van der Waals surface area contributed by atoms with E-state index in [2.05, 4.69) is 5.32 Å². The number of ether oxygens (including phenoxy) is 1. The first-order chi connectivity index (χ1) is 8.59. The Morgan fingerprint density at radius 3 is 2.26 bits per heavy atom. The Bertz CT molecular complexity index is 348. The monoisotopic (exact) mass is 279 g/mol. The molecule has 2 bridgehead atoms. The molecular weight excluding hydrogens is 259 g/mol. The summed E-state index contributed by atoms with van der Waals surface area (Å²) in [7, 11) is 0. The summed E-state index contributed by atoms with van der Waals surface area (Å²) in [6, 6.07) is -1.83. The number of halogens is 3. The first kappa shape index (κ1) is 14.6. The van der Waals surface area contributed by atoms with Gasteiger partial charge < -0.3 is 10.1 Å². The van der Waals surface area contributed by atoms with Crippen LogP contribution in [-0.4, -0.2) is 30.3 Å². The topological polar surface area (TPSA) is 38.3 Å². The molecule has 1 amide bonds. The largest absolute Gasteiger partial charge is 0.409 e. The van der Waals surface area contributed by atoms with Crippen LogP contribution in [0.3, 0.4) is 0 Å². The lowest BCUT2D eigenvalue weighted by Gasteiger charge is -2.34. The second-order valence-electron chi connectivity index (χ2n) is 6.57. The summed E-state index contributed by atoms with van der Waals surface area (Å²) in [5.41, 5.74) is -1.06. The summed E-state index contributed by atoms with van der Waals surface area (Å²) in [4.78, 5) is 12.0. The zero-order valence-corrected chi connectivity index (χ0v) is 11.4. The van der Waals surface area contributed by atoms with Crippen molar-refractivity contribution in [1.29, 1.82) is 0 Å². The molecule has 0 aromatic rings. The van der Waals surface area contributed by atoms with Gasteiger partial charge >= 0.3 is 6.18 Å². The maximum absolute atomic E-state index is 13.0. The molecule has 3 nitrogen and oxygen atoms in total. The molecule has 0 spiro atoms. The third kappa shape index (κ3) is 3.04. The Morgan fingerprint density at radius 1 is 1.26 bits per heavy atom. The van der Waals surface area contributed by atoms with Gasteiger partial charge in [-0.15, -0.1) is 0 Å². The van der Waals surface area contributed by atoms with Crippen molar-refractivity contribution in [3.05, 3.63) is 0 Å². The molecular formula is C13H20F3NO2. The SMILES string of the molecule is CC(C)(C)[C@H](NC(=O)[C@H]1C[C@H]2CC[C@H]1O2)C(F)(F)F. The van der Waals surface area contributed by atoms with Crippen molar-refractivity contribution < 1.29 is 22.7 Å². The van der Waals surface area contributed by atoms with E-state index in [9.17, 15) is 18.0 Å². The van der Waals surface area contributed by atoms with E-state index in [4.69, 9.17) is 4.74 Å². The van der Waals surface area contributed by atoms with Crippen LogP contribution < -0.4 is 5.32 Å².